The van der Waals surface area contributed by atoms with Gasteiger partial charge in [0, 0.05) is 44.4 Å². The van der Waals surface area contributed by atoms with Crippen LogP contribution >= 0.6 is 11.3 Å². The Kier molecular flexibility index (Phi) is 8.35. The first kappa shape index (κ1) is 27.7. The molecule has 1 aliphatic rings. The Morgan fingerprint density at radius 1 is 1.18 bits per heavy atom. The van der Waals surface area contributed by atoms with Gasteiger partial charge in [-0.2, -0.15) is 0 Å². The first-order valence-electron chi connectivity index (χ1n) is 13.9. The van der Waals surface area contributed by atoms with E-state index >= 15 is 0 Å². The lowest BCUT2D eigenvalue weighted by atomic mass is 9.88. The number of amides is 1. The predicted molar refractivity (Wildman–Crippen MR) is 161 cm³/mol. The Hall–Kier alpha value is -2.81. The largest absolute Gasteiger partial charge is 0.381 e. The van der Waals surface area contributed by atoms with E-state index in [4.69, 9.17) is 4.74 Å². The minimum atomic E-state index is -1.22. The number of carbonyl (C=O) groups excluding carboxylic acids is 1. The van der Waals surface area contributed by atoms with E-state index in [0.717, 1.165) is 58.6 Å². The molecular weight excluding hydrogens is 526 g/mol. The van der Waals surface area contributed by atoms with Crippen LogP contribution in [-0.4, -0.2) is 54.6 Å². The molecule has 1 saturated heterocycles. The lowest BCUT2D eigenvalue weighted by molar-refractivity contribution is 0.0441. The molecule has 39 heavy (non-hydrogen) atoms. The number of para-hydroxylation sites is 1. The lowest BCUT2D eigenvalue weighted by Crippen LogP contribution is -2.48. The van der Waals surface area contributed by atoms with Gasteiger partial charge in [-0.15, -0.1) is 11.3 Å². The first-order chi connectivity index (χ1) is 18.7. The van der Waals surface area contributed by atoms with Crippen molar-refractivity contribution in [2.45, 2.75) is 63.8 Å². The summed E-state index contributed by atoms with van der Waals surface area (Å²) >= 11 is 1.49. The van der Waals surface area contributed by atoms with Crippen molar-refractivity contribution >= 4 is 36.2 Å². The number of rotatable bonds is 9. The van der Waals surface area contributed by atoms with Gasteiger partial charge < -0.3 is 14.6 Å². The Labute approximate surface area is 235 Å². The van der Waals surface area contributed by atoms with Crippen molar-refractivity contribution in [2.75, 3.05) is 19.8 Å². The summed E-state index contributed by atoms with van der Waals surface area (Å²) in [4.78, 5) is 25.4. The normalized spacial score (nSPS) is 17.1. The van der Waals surface area contributed by atoms with E-state index in [-0.39, 0.29) is 23.7 Å². The van der Waals surface area contributed by atoms with Crippen LogP contribution in [0.5, 0.6) is 0 Å². The smallest absolute Gasteiger partial charge is 0.274 e. The van der Waals surface area contributed by atoms with Gasteiger partial charge in [0.1, 0.15) is 11.5 Å². The number of ether oxygens (including phenoxy) is 1. The fourth-order valence-corrected chi connectivity index (χ4v) is 7.10. The van der Waals surface area contributed by atoms with E-state index in [2.05, 4.69) is 53.9 Å². The van der Waals surface area contributed by atoms with Crippen molar-refractivity contribution in [3.05, 3.63) is 76.8 Å². The van der Waals surface area contributed by atoms with Gasteiger partial charge in [0.05, 0.1) is 16.5 Å². The Morgan fingerprint density at radius 2 is 1.95 bits per heavy atom. The number of nitrogens with one attached hydrogen (secondary N) is 1. The lowest BCUT2D eigenvalue weighted by Gasteiger charge is -2.40. The molecule has 2 atom stereocenters. The summed E-state index contributed by atoms with van der Waals surface area (Å²) in [5, 5.41) is 2.00. The Morgan fingerprint density at radius 3 is 2.69 bits per heavy atom. The molecule has 4 aromatic rings. The number of likely N-dealkylation sites (tertiary alicyclic amines) is 1. The van der Waals surface area contributed by atoms with E-state index in [1.165, 1.54) is 28.9 Å². The van der Waals surface area contributed by atoms with Gasteiger partial charge in [-0.05, 0) is 67.4 Å². The quantitative estimate of drug-likeness (QED) is 0.166. The topological polar surface area (TPSA) is 58.2 Å². The number of thiazole rings is 1. The fraction of sp³-hybridized carbons (Fsp3) is 0.419. The number of aromatic nitrogens is 2. The number of halogens is 1. The highest BCUT2D eigenvalue weighted by atomic mass is 32.1. The molecular formula is C31H38FN3O2SSi. The third kappa shape index (κ3) is 6.50. The van der Waals surface area contributed by atoms with Crippen LogP contribution in [0.3, 0.4) is 0 Å². The van der Waals surface area contributed by atoms with Gasteiger partial charge in [-0.1, -0.05) is 50.0 Å². The molecule has 206 valence electrons. The van der Waals surface area contributed by atoms with Crippen LogP contribution in [0.25, 0.3) is 21.3 Å². The van der Waals surface area contributed by atoms with Crippen LogP contribution in [0.2, 0.25) is 25.7 Å². The zero-order valence-electron chi connectivity index (χ0n) is 23.3. The number of aromatic amines is 1. The van der Waals surface area contributed by atoms with Gasteiger partial charge >= 0.3 is 0 Å². The molecule has 0 aliphatic carbocycles. The molecule has 3 heterocycles. The van der Waals surface area contributed by atoms with E-state index in [1.807, 2.05) is 17.9 Å². The predicted octanol–water partition coefficient (Wildman–Crippen LogP) is 7.87. The van der Waals surface area contributed by atoms with Crippen molar-refractivity contribution in [3.8, 4) is 10.4 Å². The number of aryl methyl sites for hydroxylation is 1. The minimum absolute atomic E-state index is 0.00531. The molecule has 1 N–H and O–H groups in total. The number of carbonyl (C=O) groups is 1. The highest BCUT2D eigenvalue weighted by molar-refractivity contribution is 7.15. The molecule has 2 aromatic heterocycles. The maximum Gasteiger partial charge on any atom is 0.274 e. The van der Waals surface area contributed by atoms with E-state index < -0.39 is 8.07 Å². The molecule has 1 amide bonds. The van der Waals surface area contributed by atoms with Crippen LogP contribution in [0.4, 0.5) is 4.39 Å². The van der Waals surface area contributed by atoms with Gasteiger partial charge in [0.25, 0.3) is 5.91 Å². The zero-order chi connectivity index (χ0) is 27.6. The van der Waals surface area contributed by atoms with Crippen LogP contribution in [0.1, 0.15) is 46.4 Å². The summed E-state index contributed by atoms with van der Waals surface area (Å²) in [7, 11) is -1.22. The molecule has 8 heteroatoms. The molecule has 0 spiro atoms. The average Bonchev–Trinajstić information content (AvgIpc) is 3.52. The molecule has 1 aliphatic heterocycles. The highest BCUT2D eigenvalue weighted by Crippen LogP contribution is 2.36. The number of piperidine rings is 1. The monoisotopic (exact) mass is 563 g/mol. The fourth-order valence-electron chi connectivity index (χ4n) is 5.43. The van der Waals surface area contributed by atoms with E-state index in [1.54, 1.807) is 12.1 Å². The van der Waals surface area contributed by atoms with Crippen molar-refractivity contribution in [3.63, 3.8) is 0 Å². The standard InChI is InChI=1S/C31H38FN3O2SSi/c1-21-33-29(30(38-21)22-12-14-24(32)15-13-22)31(36)35-16-8-7-11-28(35)25(20-37-17-18-39(2,3)4)27-19-23-9-5-6-10-26(23)34-27/h5-6,9-10,12-15,19,25,28,34H,7-8,11,16-18,20H2,1-4H3. The van der Waals surface area contributed by atoms with E-state index in [0.29, 0.717) is 18.8 Å². The first-order valence-corrected chi connectivity index (χ1v) is 18.4. The van der Waals surface area contributed by atoms with Crippen molar-refractivity contribution in [2.24, 2.45) is 0 Å². The number of nitrogens with zero attached hydrogens (tertiary/aromatic N) is 2. The third-order valence-corrected chi connectivity index (χ3v) is 10.3. The highest BCUT2D eigenvalue weighted by Gasteiger charge is 2.37. The number of hydrogen-bond donors (Lipinski definition) is 1. The van der Waals surface area contributed by atoms with Gasteiger partial charge in [0.15, 0.2) is 0 Å². The molecule has 5 rings (SSSR count). The third-order valence-electron chi connectivity index (χ3n) is 7.56. The minimum Gasteiger partial charge on any atom is -0.381 e. The van der Waals surface area contributed by atoms with Gasteiger partial charge in [0.2, 0.25) is 0 Å². The van der Waals surface area contributed by atoms with Crippen molar-refractivity contribution in [1.82, 2.24) is 14.9 Å². The molecule has 1 fully saturated rings. The van der Waals surface area contributed by atoms with Crippen molar-refractivity contribution in [1.29, 1.82) is 0 Å². The number of benzene rings is 2. The van der Waals surface area contributed by atoms with E-state index in [9.17, 15) is 9.18 Å². The molecule has 2 aromatic carbocycles. The molecule has 0 bridgehead atoms. The number of hydrogen-bond acceptors (Lipinski definition) is 4. The second kappa shape index (κ2) is 11.7. The summed E-state index contributed by atoms with van der Waals surface area (Å²) in [5.41, 5.74) is 3.50. The summed E-state index contributed by atoms with van der Waals surface area (Å²) in [5.74, 6) is -0.317. The van der Waals surface area contributed by atoms with Crippen molar-refractivity contribution < 1.29 is 13.9 Å². The Bertz CT molecular complexity index is 1390. The van der Waals surface area contributed by atoms with Gasteiger partial charge in [-0.3, -0.25) is 4.79 Å². The zero-order valence-corrected chi connectivity index (χ0v) is 25.1. The molecule has 2 unspecified atom stereocenters. The summed E-state index contributed by atoms with van der Waals surface area (Å²) in [6.07, 6.45) is 2.95. The second-order valence-corrected chi connectivity index (χ2v) is 18.6. The summed E-state index contributed by atoms with van der Waals surface area (Å²) < 4.78 is 20.0. The average molecular weight is 564 g/mol. The van der Waals surface area contributed by atoms with Crippen LogP contribution < -0.4 is 0 Å². The SMILES string of the molecule is Cc1nc(C(=O)N2CCCCC2C(COCC[Si](C)(C)C)c2cc3ccccc3[nH]2)c(-c2ccc(F)cc2)s1. The van der Waals surface area contributed by atoms with Crippen LogP contribution in [0, 0.1) is 12.7 Å². The number of fused-ring (bicyclic) bond motifs is 1. The maximum absolute atomic E-state index is 14.2. The summed E-state index contributed by atoms with van der Waals surface area (Å²) in [6, 6.07) is 18.0. The van der Waals surface area contributed by atoms with Crippen LogP contribution in [-0.2, 0) is 4.74 Å². The van der Waals surface area contributed by atoms with Crippen LogP contribution in [0.15, 0.2) is 54.6 Å². The Balaban J connectivity index is 1.47. The molecule has 5 nitrogen and oxygen atoms in total. The summed E-state index contributed by atoms with van der Waals surface area (Å²) in [6.45, 7) is 11.0. The second-order valence-electron chi connectivity index (χ2n) is 11.8. The van der Waals surface area contributed by atoms with Gasteiger partial charge in [-0.25, -0.2) is 9.37 Å². The number of H-pyrrole nitrogens is 1. The maximum atomic E-state index is 14.2. The molecule has 0 saturated carbocycles. The molecule has 0 radical (unpaired) electrons.